The number of alkyl halides is 3. The fraction of sp³-hybridized carbons (Fsp3) is 0.769. The Labute approximate surface area is 131 Å². The van der Waals surface area contributed by atoms with E-state index in [1.165, 1.54) is 13.8 Å². The van der Waals surface area contributed by atoms with Gasteiger partial charge in [0.05, 0.1) is 18.7 Å². The van der Waals surface area contributed by atoms with E-state index in [2.05, 4.69) is 15.5 Å². The number of urea groups is 1. The number of halogens is 3. The van der Waals surface area contributed by atoms with Crippen LogP contribution in [-0.4, -0.2) is 58.6 Å². The molecule has 2 heterocycles. The molecule has 1 N–H and O–H groups in total. The maximum absolute atomic E-state index is 12.9. The van der Waals surface area contributed by atoms with Crippen molar-refractivity contribution >= 4 is 6.03 Å². The van der Waals surface area contributed by atoms with E-state index < -0.39 is 30.5 Å². The van der Waals surface area contributed by atoms with E-state index in [4.69, 9.17) is 9.26 Å². The predicted molar refractivity (Wildman–Crippen MR) is 72.7 cm³/mol. The maximum Gasteiger partial charge on any atom is 0.416 e. The minimum atomic E-state index is -4.52. The van der Waals surface area contributed by atoms with Crippen molar-refractivity contribution in [2.45, 2.75) is 45.1 Å². The first-order valence-electron chi connectivity index (χ1n) is 7.13. The van der Waals surface area contributed by atoms with E-state index >= 15 is 0 Å². The van der Waals surface area contributed by atoms with Gasteiger partial charge in [-0.1, -0.05) is 5.16 Å². The summed E-state index contributed by atoms with van der Waals surface area (Å²) in [4.78, 5) is 17.2. The molecule has 10 heteroatoms. The van der Waals surface area contributed by atoms with Gasteiger partial charge in [0, 0.05) is 13.0 Å². The molecule has 7 nitrogen and oxygen atoms in total. The Morgan fingerprint density at radius 1 is 1.48 bits per heavy atom. The van der Waals surface area contributed by atoms with Crippen LogP contribution >= 0.6 is 0 Å². The second kappa shape index (κ2) is 6.34. The number of hydrogen-bond acceptors (Lipinski definition) is 5. The number of aryl methyl sites for hydroxylation is 1. The van der Waals surface area contributed by atoms with Crippen LogP contribution in [0, 0.1) is 6.92 Å². The van der Waals surface area contributed by atoms with Crippen molar-refractivity contribution in [3.8, 4) is 0 Å². The van der Waals surface area contributed by atoms with Gasteiger partial charge in [-0.2, -0.15) is 18.2 Å². The number of rotatable bonds is 3. The van der Waals surface area contributed by atoms with Crippen molar-refractivity contribution < 1.29 is 27.2 Å². The molecule has 130 valence electrons. The van der Waals surface area contributed by atoms with Crippen LogP contribution in [0.3, 0.4) is 0 Å². The Hall–Kier alpha value is -1.84. The number of hydrogen-bond donors (Lipinski definition) is 1. The van der Waals surface area contributed by atoms with Crippen molar-refractivity contribution in [2.75, 3.05) is 19.6 Å². The molecular formula is C13H19F3N4O3. The third-order valence-electron chi connectivity index (χ3n) is 3.26. The molecule has 0 unspecified atom stereocenters. The molecule has 0 aliphatic carbocycles. The van der Waals surface area contributed by atoms with Crippen LogP contribution in [0.2, 0.25) is 0 Å². The molecule has 2 rings (SSSR count). The third-order valence-corrected chi connectivity index (χ3v) is 3.26. The highest BCUT2D eigenvalue weighted by Crippen LogP contribution is 2.31. The lowest BCUT2D eigenvalue weighted by molar-refractivity contribution is -0.267. The minimum absolute atomic E-state index is 0.0745. The molecule has 1 aliphatic heterocycles. The lowest BCUT2D eigenvalue weighted by Crippen LogP contribution is -2.60. The van der Waals surface area contributed by atoms with Crippen molar-refractivity contribution in [3.05, 3.63) is 11.7 Å². The summed E-state index contributed by atoms with van der Waals surface area (Å²) in [5, 5.41) is 6.17. The maximum atomic E-state index is 12.9. The van der Waals surface area contributed by atoms with E-state index in [1.807, 2.05) is 0 Å². The van der Waals surface area contributed by atoms with Gasteiger partial charge in [0.1, 0.15) is 0 Å². The monoisotopic (exact) mass is 336 g/mol. The lowest BCUT2D eigenvalue weighted by atomic mass is 10.1. The predicted octanol–water partition coefficient (Wildman–Crippen LogP) is 1.67. The molecule has 1 aromatic rings. The quantitative estimate of drug-likeness (QED) is 0.908. The van der Waals surface area contributed by atoms with E-state index in [0.717, 1.165) is 4.90 Å². The van der Waals surface area contributed by atoms with E-state index in [1.54, 1.807) is 6.92 Å². The number of nitrogens with zero attached hydrogens (tertiary/aromatic N) is 3. The van der Waals surface area contributed by atoms with Gasteiger partial charge in [0.25, 0.3) is 0 Å². The zero-order chi connectivity index (χ0) is 17.3. The number of ether oxygens (including phenoxy) is 1. The molecule has 2 amide bonds. The van der Waals surface area contributed by atoms with Gasteiger partial charge in [-0.25, -0.2) is 4.79 Å². The summed E-state index contributed by atoms with van der Waals surface area (Å²) in [5.74, 6) is 0.840. The molecule has 0 radical (unpaired) electrons. The van der Waals surface area contributed by atoms with Crippen LogP contribution < -0.4 is 5.32 Å². The molecule has 1 aliphatic rings. The van der Waals surface area contributed by atoms with E-state index in [-0.39, 0.29) is 13.1 Å². The molecule has 1 aromatic heterocycles. The number of carbonyl (C=O) groups excluding carboxylic acids is 1. The molecular weight excluding hydrogens is 317 g/mol. The summed E-state index contributed by atoms with van der Waals surface area (Å²) in [6, 6.07) is -0.577. The first-order valence-corrected chi connectivity index (χ1v) is 7.13. The molecule has 0 aromatic carbocycles. The van der Waals surface area contributed by atoms with Gasteiger partial charge in [-0.15, -0.1) is 0 Å². The van der Waals surface area contributed by atoms with Crippen LogP contribution in [0.5, 0.6) is 0 Å². The van der Waals surface area contributed by atoms with E-state index in [0.29, 0.717) is 18.1 Å². The Kier molecular flexibility index (Phi) is 4.83. The highest BCUT2D eigenvalue weighted by atomic mass is 19.4. The zero-order valence-electron chi connectivity index (χ0n) is 13.1. The van der Waals surface area contributed by atoms with Gasteiger partial charge >= 0.3 is 12.2 Å². The summed E-state index contributed by atoms with van der Waals surface area (Å²) in [6.07, 6.45) is -6.20. The SMILES string of the molecule is Cc1noc(CCNC(=O)N2C[C@@H](C(F)(F)F)OC(C)(C)C2)n1. The number of amides is 2. The third kappa shape index (κ3) is 4.81. The van der Waals surface area contributed by atoms with Crippen LogP contribution in [0.25, 0.3) is 0 Å². The van der Waals surface area contributed by atoms with Gasteiger partial charge in [0.15, 0.2) is 11.9 Å². The van der Waals surface area contributed by atoms with Crippen molar-refractivity contribution in [1.29, 1.82) is 0 Å². The summed E-state index contributed by atoms with van der Waals surface area (Å²) in [7, 11) is 0. The Bertz CT molecular complexity index is 559. The molecule has 0 bridgehead atoms. The summed E-state index contributed by atoms with van der Waals surface area (Å²) >= 11 is 0. The first kappa shape index (κ1) is 17.5. The fourth-order valence-corrected chi connectivity index (χ4v) is 2.34. The van der Waals surface area contributed by atoms with Crippen LogP contribution in [0.1, 0.15) is 25.6 Å². The molecule has 0 saturated carbocycles. The Morgan fingerprint density at radius 3 is 2.74 bits per heavy atom. The molecule has 1 saturated heterocycles. The second-order valence-electron chi connectivity index (χ2n) is 6.01. The summed E-state index contributed by atoms with van der Waals surface area (Å²) in [5.41, 5.74) is -1.07. The smallest absolute Gasteiger partial charge is 0.359 e. The average Bonchev–Trinajstić information content (AvgIpc) is 2.81. The zero-order valence-corrected chi connectivity index (χ0v) is 13.1. The summed E-state index contributed by atoms with van der Waals surface area (Å²) in [6.45, 7) is 4.44. The van der Waals surface area contributed by atoms with Crippen molar-refractivity contribution in [1.82, 2.24) is 20.4 Å². The first-order chi connectivity index (χ1) is 10.6. The van der Waals surface area contributed by atoms with Crippen LogP contribution in [0.15, 0.2) is 4.52 Å². The largest absolute Gasteiger partial charge is 0.416 e. The summed E-state index contributed by atoms with van der Waals surface area (Å²) < 4.78 is 48.6. The number of carbonyl (C=O) groups is 1. The highest BCUT2D eigenvalue weighted by molar-refractivity contribution is 5.74. The van der Waals surface area contributed by atoms with Gasteiger partial charge in [-0.05, 0) is 20.8 Å². The lowest BCUT2D eigenvalue weighted by Gasteiger charge is -2.43. The Morgan fingerprint density at radius 2 is 2.17 bits per heavy atom. The average molecular weight is 336 g/mol. The molecule has 23 heavy (non-hydrogen) atoms. The molecule has 0 spiro atoms. The van der Waals surface area contributed by atoms with Crippen LogP contribution in [-0.2, 0) is 11.2 Å². The van der Waals surface area contributed by atoms with Crippen molar-refractivity contribution in [3.63, 3.8) is 0 Å². The minimum Gasteiger partial charge on any atom is -0.359 e. The number of aromatic nitrogens is 2. The standard InChI is InChI=1S/C13H19F3N4O3/c1-8-18-10(23-19-8)4-5-17-11(21)20-6-9(13(14,15)16)22-12(2,3)7-20/h9H,4-7H2,1-3H3,(H,17,21)/t9-/m0/s1. The number of morpholine rings is 1. The van der Waals surface area contributed by atoms with Crippen LogP contribution in [0.4, 0.5) is 18.0 Å². The topological polar surface area (TPSA) is 80.5 Å². The van der Waals surface area contributed by atoms with E-state index in [9.17, 15) is 18.0 Å². The van der Waals surface area contributed by atoms with Gasteiger partial charge < -0.3 is 19.5 Å². The molecule has 1 atom stereocenters. The fourth-order valence-electron chi connectivity index (χ4n) is 2.34. The highest BCUT2D eigenvalue weighted by Gasteiger charge is 2.49. The van der Waals surface area contributed by atoms with Crippen molar-refractivity contribution in [2.24, 2.45) is 0 Å². The Balaban J connectivity index is 1.89. The number of nitrogens with one attached hydrogen (secondary N) is 1. The van der Waals surface area contributed by atoms with Gasteiger partial charge in [-0.3, -0.25) is 0 Å². The molecule has 1 fully saturated rings. The van der Waals surface area contributed by atoms with Gasteiger partial charge in [0.2, 0.25) is 5.89 Å². The second-order valence-corrected chi connectivity index (χ2v) is 6.01. The normalized spacial score (nSPS) is 21.3.